The molecule has 0 spiro atoms. The van der Waals surface area contributed by atoms with Crippen LogP contribution in [-0.4, -0.2) is 23.2 Å². The number of guanidine groups is 1. The van der Waals surface area contributed by atoms with Gasteiger partial charge in [-0.05, 0) is 36.8 Å². The second-order valence-corrected chi connectivity index (χ2v) is 5.36. The fourth-order valence-corrected chi connectivity index (χ4v) is 2.60. The number of aliphatic imine (C=N–C) groups is 1. The monoisotopic (exact) mass is 264 g/mol. The molecule has 2 rings (SSSR count). The Hall–Kier alpha value is -1.23. The van der Waals surface area contributed by atoms with E-state index in [1.165, 1.54) is 25.7 Å². The highest BCUT2D eigenvalue weighted by Crippen LogP contribution is 2.17. The van der Waals surface area contributed by atoms with E-state index in [9.17, 15) is 0 Å². The van der Waals surface area contributed by atoms with Crippen molar-refractivity contribution in [3.63, 3.8) is 0 Å². The average molecular weight is 264 g/mol. The number of nitrogens with zero attached hydrogens (tertiary/aromatic N) is 2. The Balaban J connectivity index is 1.87. The Kier molecular flexibility index (Phi) is 4.87. The number of pyridine rings is 1. The third kappa shape index (κ3) is 3.91. The van der Waals surface area contributed by atoms with E-state index in [0.29, 0.717) is 18.5 Å². The molecule has 1 aromatic heterocycles. The van der Waals surface area contributed by atoms with Gasteiger partial charge in [-0.2, -0.15) is 0 Å². The van der Waals surface area contributed by atoms with E-state index in [1.807, 2.05) is 18.5 Å². The Bertz CT molecular complexity index is 413. The molecule has 4 nitrogen and oxygen atoms in total. The summed E-state index contributed by atoms with van der Waals surface area (Å²) in [4.78, 5) is 8.62. The molecule has 1 aliphatic carbocycles. The van der Waals surface area contributed by atoms with Crippen LogP contribution in [0.1, 0.15) is 31.2 Å². The van der Waals surface area contributed by atoms with Crippen molar-refractivity contribution in [3.8, 4) is 0 Å². The number of rotatable bonds is 4. The van der Waals surface area contributed by atoms with E-state index in [2.05, 4.69) is 21.4 Å². The van der Waals surface area contributed by atoms with E-state index < -0.39 is 0 Å². The molecule has 1 heterocycles. The summed E-state index contributed by atoms with van der Waals surface area (Å²) in [5, 5.41) is 4.30. The van der Waals surface area contributed by atoms with Gasteiger partial charge in [-0.3, -0.25) is 0 Å². The number of nitrogens with two attached hydrogens (primary N) is 1. The molecule has 0 radical (unpaired) electrons. The van der Waals surface area contributed by atoms with Crippen LogP contribution in [0.4, 0.5) is 0 Å². The quantitative estimate of drug-likeness (QED) is 0.497. The van der Waals surface area contributed by atoms with E-state index in [4.69, 9.17) is 5.73 Å². The maximum Gasteiger partial charge on any atom is 0.189 e. The lowest BCUT2D eigenvalue weighted by atomic mass is 10.2. The summed E-state index contributed by atoms with van der Waals surface area (Å²) < 4.78 is 0. The van der Waals surface area contributed by atoms with E-state index in [-0.39, 0.29) is 0 Å². The topological polar surface area (TPSA) is 63.3 Å². The van der Waals surface area contributed by atoms with Crippen LogP contribution in [0.3, 0.4) is 0 Å². The van der Waals surface area contributed by atoms with Crippen molar-refractivity contribution in [1.82, 2.24) is 10.3 Å². The minimum absolute atomic E-state index is 0.521. The Labute approximate surface area is 112 Å². The summed E-state index contributed by atoms with van der Waals surface area (Å²) >= 11 is 1.64. The Morgan fingerprint density at radius 2 is 2.33 bits per heavy atom. The average Bonchev–Trinajstić information content (AvgIpc) is 2.89. The first-order valence-electron chi connectivity index (χ1n) is 6.33. The van der Waals surface area contributed by atoms with Crippen LogP contribution in [0.5, 0.6) is 0 Å². The van der Waals surface area contributed by atoms with Crippen molar-refractivity contribution >= 4 is 17.7 Å². The standard InChI is InChI=1S/C13H20N4S/c1-18-12-8-10(6-7-15-12)9-16-13(14)17-11-4-2-3-5-11/h6-8,11H,2-5,9H2,1H3,(H3,14,16,17). The highest BCUT2D eigenvalue weighted by molar-refractivity contribution is 7.98. The summed E-state index contributed by atoms with van der Waals surface area (Å²) in [6.45, 7) is 0.613. The molecule has 0 aliphatic heterocycles. The lowest BCUT2D eigenvalue weighted by Crippen LogP contribution is -2.38. The highest BCUT2D eigenvalue weighted by atomic mass is 32.2. The van der Waals surface area contributed by atoms with Crippen molar-refractivity contribution in [2.24, 2.45) is 10.7 Å². The first kappa shape index (κ1) is 13.2. The molecule has 1 aliphatic rings. The van der Waals surface area contributed by atoms with Gasteiger partial charge in [0.05, 0.1) is 11.6 Å². The molecule has 18 heavy (non-hydrogen) atoms. The maximum atomic E-state index is 5.89. The van der Waals surface area contributed by atoms with Crippen molar-refractivity contribution in [2.45, 2.75) is 43.3 Å². The molecule has 98 valence electrons. The van der Waals surface area contributed by atoms with Gasteiger partial charge in [0, 0.05) is 12.2 Å². The Morgan fingerprint density at radius 3 is 3.06 bits per heavy atom. The highest BCUT2D eigenvalue weighted by Gasteiger charge is 2.14. The summed E-state index contributed by atoms with van der Waals surface area (Å²) in [7, 11) is 0. The van der Waals surface area contributed by atoms with E-state index in [1.54, 1.807) is 11.8 Å². The summed E-state index contributed by atoms with van der Waals surface area (Å²) in [6.07, 6.45) is 8.85. The molecule has 0 aromatic carbocycles. The van der Waals surface area contributed by atoms with Crippen molar-refractivity contribution in [1.29, 1.82) is 0 Å². The maximum absolute atomic E-state index is 5.89. The van der Waals surface area contributed by atoms with Gasteiger partial charge >= 0.3 is 0 Å². The lowest BCUT2D eigenvalue weighted by molar-refractivity contribution is 0.625. The van der Waals surface area contributed by atoms with Gasteiger partial charge in [-0.1, -0.05) is 12.8 Å². The van der Waals surface area contributed by atoms with Gasteiger partial charge in [0.25, 0.3) is 0 Å². The third-order valence-electron chi connectivity index (χ3n) is 3.15. The van der Waals surface area contributed by atoms with Crippen LogP contribution in [0.25, 0.3) is 0 Å². The molecule has 0 saturated heterocycles. The predicted molar refractivity (Wildman–Crippen MR) is 76.7 cm³/mol. The fraction of sp³-hybridized carbons (Fsp3) is 0.538. The van der Waals surface area contributed by atoms with Crippen molar-refractivity contribution in [2.75, 3.05) is 6.26 Å². The molecule has 1 aromatic rings. The molecule has 0 bridgehead atoms. The van der Waals surface area contributed by atoms with Crippen LogP contribution in [-0.2, 0) is 6.54 Å². The second kappa shape index (κ2) is 6.64. The molecular formula is C13H20N4S. The third-order valence-corrected chi connectivity index (χ3v) is 3.79. The van der Waals surface area contributed by atoms with Crippen LogP contribution < -0.4 is 11.1 Å². The van der Waals surface area contributed by atoms with Gasteiger partial charge in [-0.25, -0.2) is 9.98 Å². The number of hydrogen-bond acceptors (Lipinski definition) is 3. The van der Waals surface area contributed by atoms with Crippen LogP contribution in [0.2, 0.25) is 0 Å². The van der Waals surface area contributed by atoms with E-state index in [0.717, 1.165) is 10.6 Å². The molecule has 0 amide bonds. The van der Waals surface area contributed by atoms with Gasteiger partial charge < -0.3 is 11.1 Å². The fourth-order valence-electron chi connectivity index (χ4n) is 2.16. The summed E-state index contributed by atoms with van der Waals surface area (Å²) in [5.41, 5.74) is 7.03. The van der Waals surface area contributed by atoms with Crippen LogP contribution in [0.15, 0.2) is 28.3 Å². The smallest absolute Gasteiger partial charge is 0.189 e. The number of thioether (sulfide) groups is 1. The van der Waals surface area contributed by atoms with Gasteiger partial charge in [0.1, 0.15) is 0 Å². The SMILES string of the molecule is CSc1cc(CN=C(N)NC2CCCC2)ccn1. The summed E-state index contributed by atoms with van der Waals surface area (Å²) in [6, 6.07) is 4.55. The zero-order valence-corrected chi connectivity index (χ0v) is 11.5. The largest absolute Gasteiger partial charge is 0.370 e. The molecule has 3 N–H and O–H groups in total. The van der Waals surface area contributed by atoms with Crippen LogP contribution >= 0.6 is 11.8 Å². The first-order valence-corrected chi connectivity index (χ1v) is 7.56. The molecular weight excluding hydrogens is 244 g/mol. The minimum Gasteiger partial charge on any atom is -0.370 e. The number of nitrogens with one attached hydrogen (secondary N) is 1. The molecule has 0 atom stereocenters. The summed E-state index contributed by atoms with van der Waals surface area (Å²) in [5.74, 6) is 0.560. The van der Waals surface area contributed by atoms with Crippen molar-refractivity contribution < 1.29 is 0 Å². The van der Waals surface area contributed by atoms with Gasteiger partial charge in [0.2, 0.25) is 0 Å². The molecule has 1 fully saturated rings. The minimum atomic E-state index is 0.521. The zero-order valence-electron chi connectivity index (χ0n) is 10.7. The normalized spacial score (nSPS) is 17.1. The first-order chi connectivity index (χ1) is 8.78. The number of aromatic nitrogens is 1. The van der Waals surface area contributed by atoms with E-state index >= 15 is 0 Å². The van der Waals surface area contributed by atoms with Crippen molar-refractivity contribution in [3.05, 3.63) is 23.9 Å². The lowest BCUT2D eigenvalue weighted by Gasteiger charge is -2.12. The molecule has 1 saturated carbocycles. The zero-order chi connectivity index (χ0) is 12.8. The predicted octanol–water partition coefficient (Wildman–Crippen LogP) is 2.15. The molecule has 0 unspecified atom stereocenters. The van der Waals surface area contributed by atoms with Gasteiger partial charge in [-0.15, -0.1) is 11.8 Å². The van der Waals surface area contributed by atoms with Gasteiger partial charge in [0.15, 0.2) is 5.96 Å². The Morgan fingerprint density at radius 1 is 1.56 bits per heavy atom. The second-order valence-electron chi connectivity index (χ2n) is 4.53. The number of hydrogen-bond donors (Lipinski definition) is 2. The molecule has 5 heteroatoms. The van der Waals surface area contributed by atoms with Crippen LogP contribution in [0, 0.1) is 0 Å².